The number of nitro groups is 1. The third-order valence-corrected chi connectivity index (χ3v) is 1.75. The first-order valence-corrected chi connectivity index (χ1v) is 4.29. The predicted octanol–water partition coefficient (Wildman–Crippen LogP) is 2.70. The molecule has 1 rings (SSSR count). The lowest BCUT2D eigenvalue weighted by atomic mass is 10.1. The third kappa shape index (κ3) is 3.47. The van der Waals surface area contributed by atoms with Crippen LogP contribution in [-0.2, 0) is 0 Å². The topological polar surface area (TPSA) is 89.0 Å². The summed E-state index contributed by atoms with van der Waals surface area (Å²) >= 11 is 0. The molecular weight excluding hydrogens is 281 g/mol. The van der Waals surface area contributed by atoms with E-state index in [0.717, 1.165) is 6.07 Å². The minimum atomic E-state index is -5.22. The van der Waals surface area contributed by atoms with Crippen molar-refractivity contribution in [2.24, 2.45) is 0 Å². The van der Waals surface area contributed by atoms with Crippen molar-refractivity contribution in [2.45, 2.75) is 12.8 Å². The molecule has 0 saturated heterocycles. The molecule has 0 aromatic carbocycles. The SMILES string of the molecule is N#Cc1nc(OC(F)(F)F)cc([N+](=O)[O-])c1C(F)F. The van der Waals surface area contributed by atoms with E-state index in [1.165, 1.54) is 0 Å². The summed E-state index contributed by atoms with van der Waals surface area (Å²) in [5.74, 6) is -1.36. The van der Waals surface area contributed by atoms with Crippen molar-refractivity contribution in [2.75, 3.05) is 0 Å². The smallest absolute Gasteiger partial charge is 0.388 e. The van der Waals surface area contributed by atoms with Gasteiger partial charge in [-0.3, -0.25) is 10.1 Å². The quantitative estimate of drug-likeness (QED) is 0.483. The zero-order valence-corrected chi connectivity index (χ0v) is 8.61. The Labute approximate surface area is 101 Å². The van der Waals surface area contributed by atoms with Gasteiger partial charge in [-0.2, -0.15) is 5.26 Å². The standard InChI is InChI=1S/C8H2F5N3O3/c9-7(10)6-3(2-14)15-5(19-8(11,12)13)1-4(6)16(17)18/h1,7H. The molecule has 0 aliphatic carbocycles. The molecule has 0 spiro atoms. The zero-order chi connectivity index (χ0) is 14.8. The molecule has 0 radical (unpaired) electrons. The van der Waals surface area contributed by atoms with Crippen LogP contribution in [0.2, 0.25) is 0 Å². The Balaban J connectivity index is 3.46. The Hall–Kier alpha value is -2.51. The van der Waals surface area contributed by atoms with Crippen LogP contribution in [-0.4, -0.2) is 16.3 Å². The Morgan fingerprint density at radius 3 is 2.42 bits per heavy atom. The van der Waals surface area contributed by atoms with Crippen LogP contribution in [0.4, 0.5) is 27.6 Å². The van der Waals surface area contributed by atoms with Gasteiger partial charge in [0.25, 0.3) is 12.1 Å². The second kappa shape index (κ2) is 5.01. The molecule has 19 heavy (non-hydrogen) atoms. The molecule has 0 saturated carbocycles. The predicted molar refractivity (Wildman–Crippen MR) is 47.2 cm³/mol. The van der Waals surface area contributed by atoms with E-state index >= 15 is 0 Å². The van der Waals surface area contributed by atoms with Gasteiger partial charge in [-0.15, -0.1) is 13.2 Å². The molecule has 6 nitrogen and oxygen atoms in total. The number of hydrogen-bond donors (Lipinski definition) is 0. The first-order valence-electron chi connectivity index (χ1n) is 4.29. The maximum atomic E-state index is 12.5. The number of halogens is 5. The minimum Gasteiger partial charge on any atom is -0.388 e. The van der Waals surface area contributed by atoms with Gasteiger partial charge in [0.15, 0.2) is 5.69 Å². The van der Waals surface area contributed by atoms with E-state index in [1.54, 1.807) is 0 Å². The molecule has 0 amide bonds. The molecule has 102 valence electrons. The average Bonchev–Trinajstić information content (AvgIpc) is 2.24. The molecule has 0 atom stereocenters. The lowest BCUT2D eigenvalue weighted by Crippen LogP contribution is -2.18. The Morgan fingerprint density at radius 1 is 1.47 bits per heavy atom. The lowest BCUT2D eigenvalue weighted by Gasteiger charge is -2.09. The largest absolute Gasteiger partial charge is 0.574 e. The van der Waals surface area contributed by atoms with Gasteiger partial charge < -0.3 is 4.74 Å². The molecule has 1 aromatic rings. The van der Waals surface area contributed by atoms with Crippen LogP contribution in [0.15, 0.2) is 6.07 Å². The fraction of sp³-hybridized carbons (Fsp3) is 0.250. The fourth-order valence-corrected chi connectivity index (χ4v) is 1.14. The van der Waals surface area contributed by atoms with Gasteiger partial charge in [-0.1, -0.05) is 0 Å². The molecule has 1 aromatic heterocycles. The summed E-state index contributed by atoms with van der Waals surface area (Å²) < 4.78 is 64.1. The third-order valence-electron chi connectivity index (χ3n) is 1.75. The summed E-state index contributed by atoms with van der Waals surface area (Å²) in [4.78, 5) is 12.0. The number of hydrogen-bond acceptors (Lipinski definition) is 5. The van der Waals surface area contributed by atoms with E-state index in [-0.39, 0.29) is 6.07 Å². The number of aromatic nitrogens is 1. The Bertz CT molecular complexity index is 552. The van der Waals surface area contributed by atoms with Crippen LogP contribution in [0.25, 0.3) is 0 Å². The molecular formula is C8H2F5N3O3. The van der Waals surface area contributed by atoms with Gasteiger partial charge >= 0.3 is 6.36 Å². The van der Waals surface area contributed by atoms with Crippen LogP contribution < -0.4 is 4.74 Å². The van der Waals surface area contributed by atoms with Crippen molar-refractivity contribution in [1.29, 1.82) is 5.26 Å². The van der Waals surface area contributed by atoms with Crippen LogP contribution >= 0.6 is 0 Å². The maximum Gasteiger partial charge on any atom is 0.574 e. The molecule has 0 aliphatic rings. The lowest BCUT2D eigenvalue weighted by molar-refractivity contribution is -0.386. The van der Waals surface area contributed by atoms with Crippen LogP contribution in [0.1, 0.15) is 17.7 Å². The average molecular weight is 283 g/mol. The highest BCUT2D eigenvalue weighted by molar-refractivity contribution is 5.50. The van der Waals surface area contributed by atoms with Crippen LogP contribution in [0.3, 0.4) is 0 Å². The van der Waals surface area contributed by atoms with Crippen LogP contribution in [0, 0.1) is 21.4 Å². The highest BCUT2D eigenvalue weighted by Gasteiger charge is 2.35. The van der Waals surface area contributed by atoms with E-state index in [9.17, 15) is 32.1 Å². The van der Waals surface area contributed by atoms with Crippen molar-refractivity contribution >= 4 is 5.69 Å². The molecule has 0 N–H and O–H groups in total. The van der Waals surface area contributed by atoms with Gasteiger partial charge in [-0.05, 0) is 0 Å². The highest BCUT2D eigenvalue weighted by atomic mass is 19.4. The van der Waals surface area contributed by atoms with Crippen molar-refractivity contribution < 1.29 is 31.6 Å². The van der Waals surface area contributed by atoms with Crippen molar-refractivity contribution in [3.63, 3.8) is 0 Å². The number of nitrogens with zero attached hydrogens (tertiary/aromatic N) is 3. The van der Waals surface area contributed by atoms with Crippen molar-refractivity contribution in [3.05, 3.63) is 27.4 Å². The first-order chi connectivity index (χ1) is 8.65. The normalized spacial score (nSPS) is 11.2. The van der Waals surface area contributed by atoms with Gasteiger partial charge in [0.2, 0.25) is 5.88 Å². The molecule has 0 bridgehead atoms. The summed E-state index contributed by atoms with van der Waals surface area (Å²) in [5.41, 5.74) is -3.94. The second-order valence-electron chi connectivity index (χ2n) is 2.96. The highest BCUT2D eigenvalue weighted by Crippen LogP contribution is 2.34. The zero-order valence-electron chi connectivity index (χ0n) is 8.61. The number of alkyl halides is 5. The van der Waals surface area contributed by atoms with E-state index < -0.39 is 40.5 Å². The molecule has 1 heterocycles. The fourth-order valence-electron chi connectivity index (χ4n) is 1.14. The van der Waals surface area contributed by atoms with Gasteiger partial charge in [0.1, 0.15) is 11.6 Å². The first kappa shape index (κ1) is 14.6. The summed E-state index contributed by atoms with van der Waals surface area (Å²) in [5, 5.41) is 19.0. The Kier molecular flexibility index (Phi) is 3.83. The van der Waals surface area contributed by atoms with E-state index in [4.69, 9.17) is 5.26 Å². The summed E-state index contributed by atoms with van der Waals surface area (Å²) in [6.07, 6.45) is -8.66. The van der Waals surface area contributed by atoms with Crippen LogP contribution in [0.5, 0.6) is 5.88 Å². The van der Waals surface area contributed by atoms with E-state index in [2.05, 4.69) is 9.72 Å². The molecule has 11 heteroatoms. The number of nitriles is 1. The molecule has 0 fully saturated rings. The van der Waals surface area contributed by atoms with Gasteiger partial charge in [0, 0.05) is 0 Å². The number of pyridine rings is 1. The minimum absolute atomic E-state index is 0.0792. The summed E-state index contributed by atoms with van der Waals surface area (Å²) in [6, 6.07) is 1.13. The summed E-state index contributed by atoms with van der Waals surface area (Å²) in [7, 11) is 0. The maximum absolute atomic E-state index is 12.5. The summed E-state index contributed by atoms with van der Waals surface area (Å²) in [6.45, 7) is 0. The number of ether oxygens (including phenoxy) is 1. The van der Waals surface area contributed by atoms with Crippen molar-refractivity contribution in [1.82, 2.24) is 4.98 Å². The van der Waals surface area contributed by atoms with E-state index in [0.29, 0.717) is 0 Å². The molecule has 0 aliphatic heterocycles. The molecule has 0 unspecified atom stereocenters. The second-order valence-corrected chi connectivity index (χ2v) is 2.96. The van der Waals surface area contributed by atoms with Gasteiger partial charge in [-0.25, -0.2) is 13.8 Å². The van der Waals surface area contributed by atoms with E-state index in [1.807, 2.05) is 0 Å². The Morgan fingerprint density at radius 2 is 2.05 bits per heavy atom. The van der Waals surface area contributed by atoms with Crippen molar-refractivity contribution in [3.8, 4) is 11.9 Å². The van der Waals surface area contributed by atoms with Gasteiger partial charge in [0.05, 0.1) is 11.0 Å². The monoisotopic (exact) mass is 283 g/mol. The number of rotatable bonds is 3.